The van der Waals surface area contributed by atoms with E-state index >= 15 is 0 Å². The maximum absolute atomic E-state index is 12.3. The van der Waals surface area contributed by atoms with E-state index in [1.54, 1.807) is 0 Å². The summed E-state index contributed by atoms with van der Waals surface area (Å²) in [7, 11) is 0. The lowest BCUT2D eigenvalue weighted by molar-refractivity contribution is -0.157. The Balaban J connectivity index is 1.74. The third-order valence-electron chi connectivity index (χ3n) is 4.72. The standard InChI is InChI=1S/C15H23NO2/c1-3-11(2)14(17)16-8-9-18-15(10-16,12-4-5-12)13-6-7-13/h12-13H,2-10H2,1H3. The summed E-state index contributed by atoms with van der Waals surface area (Å²) in [6.45, 7) is 8.13. The quantitative estimate of drug-likeness (QED) is 0.716. The first-order valence-electron chi connectivity index (χ1n) is 7.28. The highest BCUT2D eigenvalue weighted by atomic mass is 16.5. The van der Waals surface area contributed by atoms with Gasteiger partial charge in [-0.05, 0) is 43.9 Å². The topological polar surface area (TPSA) is 29.5 Å². The molecule has 3 aliphatic rings. The highest BCUT2D eigenvalue weighted by Crippen LogP contribution is 2.55. The maximum Gasteiger partial charge on any atom is 0.249 e. The summed E-state index contributed by atoms with van der Waals surface area (Å²) in [6.07, 6.45) is 5.89. The zero-order chi connectivity index (χ0) is 12.8. The summed E-state index contributed by atoms with van der Waals surface area (Å²) in [5.74, 6) is 1.55. The van der Waals surface area contributed by atoms with Crippen molar-refractivity contribution in [1.82, 2.24) is 4.90 Å². The van der Waals surface area contributed by atoms with Gasteiger partial charge in [-0.3, -0.25) is 4.79 Å². The Morgan fingerprint density at radius 2 is 1.94 bits per heavy atom. The molecule has 0 aromatic rings. The summed E-state index contributed by atoms with van der Waals surface area (Å²) in [5, 5.41) is 0. The molecular weight excluding hydrogens is 226 g/mol. The van der Waals surface area contributed by atoms with Crippen molar-refractivity contribution in [2.45, 2.75) is 44.6 Å². The van der Waals surface area contributed by atoms with Crippen molar-refractivity contribution in [3.63, 3.8) is 0 Å². The van der Waals surface area contributed by atoms with Crippen LogP contribution in [-0.4, -0.2) is 36.1 Å². The zero-order valence-electron chi connectivity index (χ0n) is 11.3. The van der Waals surface area contributed by atoms with Crippen LogP contribution in [0.3, 0.4) is 0 Å². The number of morpholine rings is 1. The molecule has 3 rings (SSSR count). The third-order valence-corrected chi connectivity index (χ3v) is 4.72. The molecule has 100 valence electrons. The van der Waals surface area contributed by atoms with E-state index in [9.17, 15) is 4.79 Å². The molecule has 3 fully saturated rings. The molecule has 0 aromatic heterocycles. The molecule has 1 heterocycles. The molecule has 0 spiro atoms. The molecule has 1 saturated heterocycles. The molecule has 0 N–H and O–H groups in total. The van der Waals surface area contributed by atoms with Gasteiger partial charge >= 0.3 is 0 Å². The smallest absolute Gasteiger partial charge is 0.249 e. The van der Waals surface area contributed by atoms with E-state index in [0.717, 1.165) is 25.1 Å². The van der Waals surface area contributed by atoms with Gasteiger partial charge in [0.15, 0.2) is 0 Å². The van der Waals surface area contributed by atoms with E-state index in [2.05, 4.69) is 6.58 Å². The molecule has 1 amide bonds. The number of amides is 1. The average Bonchev–Trinajstić information content (AvgIpc) is 3.28. The van der Waals surface area contributed by atoms with Crippen LogP contribution in [0.5, 0.6) is 0 Å². The largest absolute Gasteiger partial charge is 0.371 e. The second kappa shape index (κ2) is 4.37. The van der Waals surface area contributed by atoms with Gasteiger partial charge in [-0.15, -0.1) is 0 Å². The van der Waals surface area contributed by atoms with Crippen molar-refractivity contribution < 1.29 is 9.53 Å². The Bertz CT molecular complexity index is 357. The first-order chi connectivity index (χ1) is 8.67. The van der Waals surface area contributed by atoms with Crippen LogP contribution >= 0.6 is 0 Å². The summed E-state index contributed by atoms with van der Waals surface area (Å²) < 4.78 is 6.18. The van der Waals surface area contributed by atoms with Crippen LogP contribution in [0, 0.1) is 11.8 Å². The van der Waals surface area contributed by atoms with Crippen molar-refractivity contribution in [3.05, 3.63) is 12.2 Å². The van der Waals surface area contributed by atoms with Crippen LogP contribution in [0.25, 0.3) is 0 Å². The molecule has 3 heteroatoms. The molecule has 0 radical (unpaired) electrons. The first-order valence-corrected chi connectivity index (χ1v) is 7.28. The van der Waals surface area contributed by atoms with Crippen LogP contribution in [-0.2, 0) is 9.53 Å². The van der Waals surface area contributed by atoms with E-state index in [1.807, 2.05) is 11.8 Å². The normalized spacial score (nSPS) is 27.1. The molecule has 18 heavy (non-hydrogen) atoms. The maximum atomic E-state index is 12.3. The van der Waals surface area contributed by atoms with E-state index in [4.69, 9.17) is 4.74 Å². The molecule has 2 aliphatic carbocycles. The monoisotopic (exact) mass is 249 g/mol. The third kappa shape index (κ3) is 1.99. The molecule has 0 bridgehead atoms. The van der Waals surface area contributed by atoms with Crippen molar-refractivity contribution in [1.29, 1.82) is 0 Å². The molecular formula is C15H23NO2. The van der Waals surface area contributed by atoms with Gasteiger partial charge < -0.3 is 9.64 Å². The highest BCUT2D eigenvalue weighted by molar-refractivity contribution is 5.92. The van der Waals surface area contributed by atoms with Crippen molar-refractivity contribution in [2.75, 3.05) is 19.7 Å². The number of nitrogens with zero attached hydrogens (tertiary/aromatic N) is 1. The lowest BCUT2D eigenvalue weighted by Gasteiger charge is -2.44. The van der Waals surface area contributed by atoms with Crippen LogP contribution < -0.4 is 0 Å². The average molecular weight is 249 g/mol. The van der Waals surface area contributed by atoms with E-state index < -0.39 is 0 Å². The number of rotatable bonds is 4. The van der Waals surface area contributed by atoms with Gasteiger partial charge in [0.2, 0.25) is 5.91 Å². The van der Waals surface area contributed by atoms with Crippen LogP contribution in [0.1, 0.15) is 39.0 Å². The second-order valence-electron chi connectivity index (χ2n) is 6.04. The van der Waals surface area contributed by atoms with Crippen molar-refractivity contribution >= 4 is 5.91 Å². The second-order valence-corrected chi connectivity index (χ2v) is 6.04. The first kappa shape index (κ1) is 12.2. The molecule has 2 saturated carbocycles. The minimum atomic E-state index is 0.00192. The Hall–Kier alpha value is -0.830. The molecule has 3 nitrogen and oxygen atoms in total. The van der Waals surface area contributed by atoms with Gasteiger partial charge in [0.05, 0.1) is 18.8 Å². The summed E-state index contributed by atoms with van der Waals surface area (Å²) in [4.78, 5) is 14.3. The SMILES string of the molecule is C=C(CC)C(=O)N1CCOC(C2CC2)(C2CC2)C1. The fourth-order valence-corrected chi connectivity index (χ4v) is 3.29. The van der Waals surface area contributed by atoms with Gasteiger partial charge in [-0.1, -0.05) is 13.5 Å². The fraction of sp³-hybridized carbons (Fsp3) is 0.800. The molecule has 1 aliphatic heterocycles. The van der Waals surface area contributed by atoms with Gasteiger partial charge in [0.1, 0.15) is 0 Å². The molecule has 0 atom stereocenters. The number of hydrogen-bond acceptors (Lipinski definition) is 2. The van der Waals surface area contributed by atoms with E-state index in [0.29, 0.717) is 18.4 Å². The predicted octanol–water partition coefficient (Wildman–Crippen LogP) is 2.37. The van der Waals surface area contributed by atoms with Crippen molar-refractivity contribution in [2.24, 2.45) is 11.8 Å². The molecule has 0 aromatic carbocycles. The van der Waals surface area contributed by atoms with Gasteiger partial charge in [-0.2, -0.15) is 0 Å². The number of ether oxygens (including phenoxy) is 1. The summed E-state index contributed by atoms with van der Waals surface area (Å²) in [5.41, 5.74) is 0.736. The van der Waals surface area contributed by atoms with Gasteiger partial charge in [0, 0.05) is 12.1 Å². The number of carbonyl (C=O) groups excluding carboxylic acids is 1. The Morgan fingerprint density at radius 1 is 1.33 bits per heavy atom. The Labute approximate surface area is 109 Å². The lowest BCUT2D eigenvalue weighted by Crippen LogP contribution is -2.56. The zero-order valence-corrected chi connectivity index (χ0v) is 11.3. The van der Waals surface area contributed by atoms with Gasteiger partial charge in [-0.25, -0.2) is 0 Å². The van der Waals surface area contributed by atoms with Crippen LogP contribution in [0.15, 0.2) is 12.2 Å². The lowest BCUT2D eigenvalue weighted by atomic mass is 9.89. The van der Waals surface area contributed by atoms with Crippen LogP contribution in [0.4, 0.5) is 0 Å². The van der Waals surface area contributed by atoms with Crippen molar-refractivity contribution in [3.8, 4) is 0 Å². The summed E-state index contributed by atoms with van der Waals surface area (Å²) in [6, 6.07) is 0. The number of hydrogen-bond donors (Lipinski definition) is 0. The predicted molar refractivity (Wildman–Crippen MR) is 70.1 cm³/mol. The van der Waals surface area contributed by atoms with Crippen LogP contribution in [0.2, 0.25) is 0 Å². The highest BCUT2D eigenvalue weighted by Gasteiger charge is 2.57. The summed E-state index contributed by atoms with van der Waals surface area (Å²) >= 11 is 0. The minimum Gasteiger partial charge on any atom is -0.371 e. The fourth-order valence-electron chi connectivity index (χ4n) is 3.29. The Kier molecular flexibility index (Phi) is 2.97. The number of carbonyl (C=O) groups is 1. The molecule has 0 unspecified atom stereocenters. The van der Waals surface area contributed by atoms with E-state index in [1.165, 1.54) is 25.7 Å². The van der Waals surface area contributed by atoms with E-state index in [-0.39, 0.29) is 11.5 Å². The Morgan fingerprint density at radius 3 is 2.44 bits per heavy atom. The van der Waals surface area contributed by atoms with Gasteiger partial charge in [0.25, 0.3) is 0 Å². The minimum absolute atomic E-state index is 0.00192.